The van der Waals surface area contributed by atoms with Crippen molar-refractivity contribution in [2.45, 2.75) is 44.3 Å². The van der Waals surface area contributed by atoms with Crippen molar-refractivity contribution in [3.63, 3.8) is 0 Å². The SMILES string of the molecule is Cn1c(C(=O)NC2CCN(C(=O)C3CCCC3)C2)cc2cc(C(F)(F)F)ccc21. The molecule has 2 aliphatic rings. The van der Waals surface area contributed by atoms with Gasteiger partial charge < -0.3 is 14.8 Å². The number of likely N-dealkylation sites (tertiary alicyclic amines) is 1. The number of halogens is 3. The van der Waals surface area contributed by atoms with E-state index in [1.165, 1.54) is 12.1 Å². The van der Waals surface area contributed by atoms with E-state index < -0.39 is 11.7 Å². The third-order valence-corrected chi connectivity index (χ3v) is 6.14. The van der Waals surface area contributed by atoms with Crippen molar-refractivity contribution in [1.82, 2.24) is 14.8 Å². The number of nitrogens with one attached hydrogen (secondary N) is 1. The van der Waals surface area contributed by atoms with E-state index in [1.807, 2.05) is 4.90 Å². The molecule has 1 aromatic carbocycles. The van der Waals surface area contributed by atoms with Crippen LogP contribution in [0.5, 0.6) is 0 Å². The van der Waals surface area contributed by atoms with E-state index >= 15 is 0 Å². The number of carbonyl (C=O) groups excluding carboxylic acids is 2. The highest BCUT2D eigenvalue weighted by molar-refractivity contribution is 5.99. The maximum atomic E-state index is 12.9. The third kappa shape index (κ3) is 3.84. The number of amides is 2. The molecular weight excluding hydrogens is 383 g/mol. The molecule has 2 fully saturated rings. The van der Waals surface area contributed by atoms with Crippen LogP contribution < -0.4 is 5.32 Å². The summed E-state index contributed by atoms with van der Waals surface area (Å²) < 4.78 is 40.4. The number of nitrogens with zero attached hydrogens (tertiary/aromatic N) is 2. The van der Waals surface area contributed by atoms with Gasteiger partial charge in [-0.3, -0.25) is 9.59 Å². The molecule has 0 spiro atoms. The topological polar surface area (TPSA) is 54.3 Å². The Morgan fingerprint density at radius 3 is 2.52 bits per heavy atom. The number of alkyl halides is 3. The lowest BCUT2D eigenvalue weighted by molar-refractivity contribution is -0.137. The number of fused-ring (bicyclic) bond motifs is 1. The molecule has 29 heavy (non-hydrogen) atoms. The van der Waals surface area contributed by atoms with Gasteiger partial charge in [-0.2, -0.15) is 13.2 Å². The molecular formula is C21H24F3N3O2. The Balaban J connectivity index is 1.45. The van der Waals surface area contributed by atoms with Crippen LogP contribution >= 0.6 is 0 Å². The Hall–Kier alpha value is -2.51. The zero-order valence-corrected chi connectivity index (χ0v) is 16.3. The van der Waals surface area contributed by atoms with Gasteiger partial charge in [0.25, 0.3) is 5.91 Å². The molecule has 4 rings (SSSR count). The summed E-state index contributed by atoms with van der Waals surface area (Å²) in [6.45, 7) is 1.12. The summed E-state index contributed by atoms with van der Waals surface area (Å²) in [5.41, 5.74) is 0.131. The maximum Gasteiger partial charge on any atom is 0.416 e. The predicted molar refractivity (Wildman–Crippen MR) is 102 cm³/mol. The van der Waals surface area contributed by atoms with Crippen LogP contribution in [0.1, 0.15) is 48.2 Å². The van der Waals surface area contributed by atoms with Crippen molar-refractivity contribution in [2.24, 2.45) is 13.0 Å². The number of rotatable bonds is 3. The van der Waals surface area contributed by atoms with Gasteiger partial charge in [0.1, 0.15) is 5.69 Å². The second kappa shape index (κ2) is 7.39. The maximum absolute atomic E-state index is 12.9. The van der Waals surface area contributed by atoms with Gasteiger partial charge in [0.2, 0.25) is 5.91 Å². The largest absolute Gasteiger partial charge is 0.416 e. The minimum absolute atomic E-state index is 0.116. The van der Waals surface area contributed by atoms with E-state index in [2.05, 4.69) is 5.32 Å². The highest BCUT2D eigenvalue weighted by Crippen LogP contribution is 2.32. The molecule has 1 N–H and O–H groups in total. The second-order valence-corrected chi connectivity index (χ2v) is 8.08. The monoisotopic (exact) mass is 407 g/mol. The normalized spacial score (nSPS) is 20.6. The van der Waals surface area contributed by atoms with E-state index in [1.54, 1.807) is 11.6 Å². The van der Waals surface area contributed by atoms with Crippen molar-refractivity contribution in [2.75, 3.05) is 13.1 Å². The summed E-state index contributed by atoms with van der Waals surface area (Å²) in [6, 6.07) is 4.80. The standard InChI is InChI=1S/C21H24F3N3O2/c1-26-17-7-6-15(21(22,23)24)10-14(17)11-18(26)19(28)25-16-8-9-27(12-16)20(29)13-4-2-3-5-13/h6-7,10-11,13,16H,2-5,8-9,12H2,1H3,(H,25,28). The fourth-order valence-corrected chi connectivity index (χ4v) is 4.51. The average molecular weight is 407 g/mol. The van der Waals surface area contributed by atoms with Crippen molar-refractivity contribution >= 4 is 22.7 Å². The Morgan fingerprint density at radius 1 is 1.10 bits per heavy atom. The highest BCUT2D eigenvalue weighted by atomic mass is 19.4. The van der Waals surface area contributed by atoms with Gasteiger partial charge in [0.15, 0.2) is 0 Å². The molecule has 0 radical (unpaired) electrons. The average Bonchev–Trinajstić information content (AvgIpc) is 3.40. The first-order valence-electron chi connectivity index (χ1n) is 10.0. The first-order valence-corrected chi connectivity index (χ1v) is 10.0. The summed E-state index contributed by atoms with van der Waals surface area (Å²) in [7, 11) is 1.66. The first-order chi connectivity index (χ1) is 13.7. The molecule has 2 amide bonds. The number of benzene rings is 1. The number of aryl methyl sites for hydroxylation is 1. The number of hydrogen-bond acceptors (Lipinski definition) is 2. The van der Waals surface area contributed by atoms with Gasteiger partial charge >= 0.3 is 6.18 Å². The molecule has 156 valence electrons. The van der Waals surface area contributed by atoms with Gasteiger partial charge in [0.05, 0.1) is 5.56 Å². The molecule has 1 unspecified atom stereocenters. The molecule has 8 heteroatoms. The van der Waals surface area contributed by atoms with E-state index in [-0.39, 0.29) is 23.8 Å². The van der Waals surface area contributed by atoms with E-state index in [0.717, 1.165) is 37.8 Å². The van der Waals surface area contributed by atoms with Crippen LogP contribution in [0.4, 0.5) is 13.2 Å². The van der Waals surface area contributed by atoms with Gasteiger partial charge in [-0.15, -0.1) is 0 Å². The van der Waals surface area contributed by atoms with Crippen molar-refractivity contribution in [1.29, 1.82) is 0 Å². The Bertz CT molecular complexity index is 945. The van der Waals surface area contributed by atoms with Crippen molar-refractivity contribution in [3.05, 3.63) is 35.5 Å². The summed E-state index contributed by atoms with van der Waals surface area (Å²) >= 11 is 0. The molecule has 1 atom stereocenters. The minimum Gasteiger partial charge on any atom is -0.346 e. The van der Waals surface area contributed by atoms with Crippen LogP contribution in [0.15, 0.2) is 24.3 Å². The Kier molecular flexibility index (Phi) is 5.04. The van der Waals surface area contributed by atoms with E-state index in [9.17, 15) is 22.8 Å². The van der Waals surface area contributed by atoms with Crippen LogP contribution in [-0.2, 0) is 18.0 Å². The summed E-state index contributed by atoms with van der Waals surface area (Å²) in [6.07, 6.45) is 0.353. The van der Waals surface area contributed by atoms with Crippen LogP contribution in [-0.4, -0.2) is 40.4 Å². The van der Waals surface area contributed by atoms with Gasteiger partial charge in [-0.05, 0) is 43.5 Å². The highest BCUT2D eigenvalue weighted by Gasteiger charge is 2.34. The van der Waals surface area contributed by atoms with Crippen molar-refractivity contribution < 1.29 is 22.8 Å². The molecule has 2 heterocycles. The Morgan fingerprint density at radius 2 is 1.83 bits per heavy atom. The molecule has 1 aromatic heterocycles. The zero-order chi connectivity index (χ0) is 20.8. The van der Waals surface area contributed by atoms with Crippen molar-refractivity contribution in [3.8, 4) is 0 Å². The molecule has 1 aliphatic heterocycles. The summed E-state index contributed by atoms with van der Waals surface area (Å²) in [4.78, 5) is 27.1. The molecule has 1 saturated heterocycles. The molecule has 1 aliphatic carbocycles. The molecule has 5 nitrogen and oxygen atoms in total. The van der Waals surface area contributed by atoms with E-state index in [4.69, 9.17) is 0 Å². The minimum atomic E-state index is -4.42. The fraction of sp³-hybridized carbons (Fsp3) is 0.524. The Labute approximate surface area is 166 Å². The summed E-state index contributed by atoms with van der Waals surface area (Å²) in [5.74, 6) is -0.0357. The van der Waals surface area contributed by atoms with Gasteiger partial charge in [-0.25, -0.2) is 0 Å². The number of aromatic nitrogens is 1. The lowest BCUT2D eigenvalue weighted by atomic mass is 10.1. The van der Waals surface area contributed by atoms with E-state index in [0.29, 0.717) is 36.1 Å². The zero-order valence-electron chi connectivity index (χ0n) is 16.3. The molecule has 1 saturated carbocycles. The van der Waals surface area contributed by atoms with Gasteiger partial charge in [-0.1, -0.05) is 12.8 Å². The molecule has 2 aromatic rings. The predicted octanol–water partition coefficient (Wildman–Crippen LogP) is 3.72. The smallest absolute Gasteiger partial charge is 0.346 e. The quantitative estimate of drug-likeness (QED) is 0.843. The lowest BCUT2D eigenvalue weighted by Gasteiger charge is -2.20. The lowest BCUT2D eigenvalue weighted by Crippen LogP contribution is -2.40. The first kappa shape index (κ1) is 19.8. The van der Waals surface area contributed by atoms with Gasteiger partial charge in [0, 0.05) is 43.0 Å². The summed E-state index contributed by atoms with van der Waals surface area (Å²) in [5, 5.41) is 3.31. The molecule has 0 bridgehead atoms. The second-order valence-electron chi connectivity index (χ2n) is 8.08. The number of carbonyl (C=O) groups is 2. The van der Waals surface area contributed by atoms with Crippen LogP contribution in [0.25, 0.3) is 10.9 Å². The van der Waals surface area contributed by atoms with Crippen LogP contribution in [0.3, 0.4) is 0 Å². The third-order valence-electron chi connectivity index (χ3n) is 6.14. The van der Waals surface area contributed by atoms with Crippen LogP contribution in [0, 0.1) is 5.92 Å². The fourth-order valence-electron chi connectivity index (χ4n) is 4.51. The number of hydrogen-bond donors (Lipinski definition) is 1. The van der Waals surface area contributed by atoms with Crippen LogP contribution in [0.2, 0.25) is 0 Å².